The number of aryl methyl sites for hydroxylation is 1. The summed E-state index contributed by atoms with van der Waals surface area (Å²) in [6, 6.07) is 14.8. The Morgan fingerprint density at radius 1 is 1.16 bits per heavy atom. The monoisotopic (exact) mass is 426 g/mol. The summed E-state index contributed by atoms with van der Waals surface area (Å²) in [7, 11) is 4.00. The molecular weight excluding hydrogens is 396 g/mol. The Bertz CT molecular complexity index is 1140. The normalized spacial score (nSPS) is 18.1. The number of hydrogen-bond donors (Lipinski definition) is 2. The van der Waals surface area contributed by atoms with E-state index < -0.39 is 0 Å². The van der Waals surface area contributed by atoms with E-state index in [1.54, 1.807) is 0 Å². The fourth-order valence-corrected chi connectivity index (χ4v) is 3.85. The molecule has 2 heterocycles. The molecule has 1 fully saturated rings. The minimum Gasteiger partial charge on any atom is -0.383 e. The molecule has 3 N–H and O–H groups in total. The molecule has 0 radical (unpaired) electrons. The van der Waals surface area contributed by atoms with Gasteiger partial charge in [0.25, 0.3) is 0 Å². The number of rotatable bonds is 7. The molecule has 0 saturated heterocycles. The molecule has 0 aliphatic heterocycles. The number of anilines is 1. The molecule has 0 unspecified atom stereocenters. The lowest BCUT2D eigenvalue weighted by Crippen LogP contribution is -2.44. The van der Waals surface area contributed by atoms with Gasteiger partial charge in [0.2, 0.25) is 0 Å². The second kappa shape index (κ2) is 9.32. The predicted molar refractivity (Wildman–Crippen MR) is 132 cm³/mol. The zero-order valence-corrected chi connectivity index (χ0v) is 18.9. The molecule has 0 atom stereocenters. The molecular formula is C26H30N6. The van der Waals surface area contributed by atoms with Crippen LogP contribution in [0.15, 0.2) is 67.5 Å². The van der Waals surface area contributed by atoms with E-state index in [-0.39, 0.29) is 6.04 Å². The zero-order valence-electron chi connectivity index (χ0n) is 18.9. The molecule has 3 aromatic rings. The van der Waals surface area contributed by atoms with Crippen molar-refractivity contribution in [3.05, 3.63) is 78.8 Å². The van der Waals surface area contributed by atoms with Gasteiger partial charge in [-0.3, -0.25) is 4.98 Å². The van der Waals surface area contributed by atoms with Crippen LogP contribution in [0.25, 0.3) is 28.2 Å². The maximum atomic E-state index is 6.00. The van der Waals surface area contributed by atoms with E-state index in [4.69, 9.17) is 15.7 Å². The highest BCUT2D eigenvalue weighted by Crippen LogP contribution is 2.31. The molecule has 0 bridgehead atoms. The Morgan fingerprint density at radius 3 is 2.62 bits per heavy atom. The van der Waals surface area contributed by atoms with Crippen LogP contribution in [-0.4, -0.2) is 46.0 Å². The fourth-order valence-electron chi connectivity index (χ4n) is 3.85. The number of nitrogens with zero attached hydrogens (tertiary/aromatic N) is 4. The van der Waals surface area contributed by atoms with Crippen molar-refractivity contribution in [1.82, 2.24) is 19.9 Å². The molecule has 1 aliphatic rings. The first-order valence-corrected chi connectivity index (χ1v) is 10.9. The number of allylic oxidation sites excluding steroid dienone is 2. The van der Waals surface area contributed by atoms with Crippen molar-refractivity contribution in [2.24, 2.45) is 5.73 Å². The molecule has 6 nitrogen and oxygen atoms in total. The quantitative estimate of drug-likeness (QED) is 0.542. The molecule has 1 saturated carbocycles. The first kappa shape index (κ1) is 21.7. The molecule has 164 valence electrons. The summed E-state index contributed by atoms with van der Waals surface area (Å²) in [4.78, 5) is 16.3. The second-order valence-electron chi connectivity index (χ2n) is 8.53. The van der Waals surface area contributed by atoms with Crippen molar-refractivity contribution >= 4 is 11.4 Å². The minimum atomic E-state index is 0.256. The van der Waals surface area contributed by atoms with E-state index in [2.05, 4.69) is 29.0 Å². The molecule has 1 aromatic carbocycles. The van der Waals surface area contributed by atoms with Gasteiger partial charge in [-0.25, -0.2) is 9.97 Å². The summed E-state index contributed by atoms with van der Waals surface area (Å²) in [6.07, 6.45) is 7.65. The zero-order chi connectivity index (χ0) is 22.7. The number of pyridine rings is 1. The highest BCUT2D eigenvalue weighted by Gasteiger charge is 2.27. The summed E-state index contributed by atoms with van der Waals surface area (Å²) in [6.45, 7) is 5.95. The van der Waals surface area contributed by atoms with Crippen LogP contribution in [0.4, 0.5) is 5.82 Å². The van der Waals surface area contributed by atoms with Crippen LogP contribution in [0.2, 0.25) is 0 Å². The molecule has 1 aliphatic carbocycles. The van der Waals surface area contributed by atoms with Crippen LogP contribution in [0.1, 0.15) is 24.1 Å². The smallest absolute Gasteiger partial charge is 0.161 e. The summed E-state index contributed by atoms with van der Waals surface area (Å²) < 4.78 is 0. The van der Waals surface area contributed by atoms with Gasteiger partial charge in [0, 0.05) is 49.8 Å². The molecule has 2 aromatic heterocycles. The maximum absolute atomic E-state index is 6.00. The van der Waals surface area contributed by atoms with Gasteiger partial charge in [0.05, 0.1) is 11.3 Å². The maximum Gasteiger partial charge on any atom is 0.161 e. The molecule has 6 heteroatoms. The van der Waals surface area contributed by atoms with Gasteiger partial charge in [-0.15, -0.1) is 0 Å². The van der Waals surface area contributed by atoms with Crippen LogP contribution < -0.4 is 11.1 Å². The van der Waals surface area contributed by atoms with Crippen LogP contribution in [0, 0.1) is 6.92 Å². The van der Waals surface area contributed by atoms with Gasteiger partial charge in [0.15, 0.2) is 5.82 Å². The van der Waals surface area contributed by atoms with Crippen molar-refractivity contribution < 1.29 is 0 Å². The Morgan fingerprint density at radius 2 is 1.94 bits per heavy atom. The topological polar surface area (TPSA) is 80.0 Å². The second-order valence-corrected chi connectivity index (χ2v) is 8.53. The number of aromatic nitrogens is 3. The lowest BCUT2D eigenvalue weighted by molar-refractivity contribution is 0.373. The largest absolute Gasteiger partial charge is 0.383 e. The Hall–Kier alpha value is -3.51. The Labute approximate surface area is 189 Å². The highest BCUT2D eigenvalue weighted by molar-refractivity contribution is 5.78. The first-order valence-electron chi connectivity index (χ1n) is 10.9. The van der Waals surface area contributed by atoms with Crippen LogP contribution in [-0.2, 0) is 0 Å². The number of nitrogens with one attached hydrogen (secondary N) is 1. The average molecular weight is 427 g/mol. The minimum absolute atomic E-state index is 0.256. The number of nitrogens with two attached hydrogens (primary N) is 1. The fraction of sp³-hybridized carbons (Fsp3) is 0.269. The third-order valence-corrected chi connectivity index (χ3v) is 5.54. The molecule has 32 heavy (non-hydrogen) atoms. The van der Waals surface area contributed by atoms with Gasteiger partial charge in [0.1, 0.15) is 5.82 Å². The van der Waals surface area contributed by atoms with E-state index in [9.17, 15) is 0 Å². The van der Waals surface area contributed by atoms with Crippen molar-refractivity contribution in [1.29, 1.82) is 0 Å². The van der Waals surface area contributed by atoms with E-state index in [0.29, 0.717) is 11.9 Å². The molecule has 0 spiro atoms. The Kier molecular flexibility index (Phi) is 6.32. The van der Waals surface area contributed by atoms with E-state index >= 15 is 0 Å². The number of hydrogen-bond acceptors (Lipinski definition) is 6. The van der Waals surface area contributed by atoms with Crippen molar-refractivity contribution in [3.8, 4) is 22.6 Å². The summed E-state index contributed by atoms with van der Waals surface area (Å²) >= 11 is 0. The molecule has 0 amide bonds. The van der Waals surface area contributed by atoms with Crippen molar-refractivity contribution in [2.75, 3.05) is 19.4 Å². The third kappa shape index (κ3) is 4.86. The van der Waals surface area contributed by atoms with Gasteiger partial charge >= 0.3 is 0 Å². The lowest BCUT2D eigenvalue weighted by atomic mass is 9.87. The number of benzene rings is 1. The van der Waals surface area contributed by atoms with Crippen LogP contribution in [0.5, 0.6) is 0 Å². The van der Waals surface area contributed by atoms with Crippen LogP contribution in [0.3, 0.4) is 0 Å². The lowest BCUT2D eigenvalue weighted by Gasteiger charge is -2.33. The third-order valence-electron chi connectivity index (χ3n) is 5.54. The van der Waals surface area contributed by atoms with E-state index in [1.165, 1.54) is 0 Å². The van der Waals surface area contributed by atoms with Gasteiger partial charge in [-0.05, 0) is 49.1 Å². The highest BCUT2D eigenvalue weighted by atomic mass is 15.1. The standard InChI is InChI=1S/C26H30N6/c1-5-18(16-32(3)4)19-9-7-10-20(12-19)25-28-15-23(24-11-6-8-17(2)29-24)26(31-25)30-22-13-21(27)14-22/h5-12,15-16,21-22H,1,13-14,27H2,2-4H3,(H,28,30,31)/b18-16+. The van der Waals surface area contributed by atoms with Gasteiger partial charge in [-0.2, -0.15) is 0 Å². The van der Waals surface area contributed by atoms with Crippen molar-refractivity contribution in [3.63, 3.8) is 0 Å². The van der Waals surface area contributed by atoms with Crippen molar-refractivity contribution in [2.45, 2.75) is 31.8 Å². The summed E-state index contributed by atoms with van der Waals surface area (Å²) in [5.41, 5.74) is 11.8. The van der Waals surface area contributed by atoms with E-state index in [1.807, 2.05) is 74.7 Å². The molecule has 4 rings (SSSR count). The van der Waals surface area contributed by atoms with E-state index in [0.717, 1.165) is 52.3 Å². The van der Waals surface area contributed by atoms with Gasteiger partial charge in [-0.1, -0.05) is 36.9 Å². The Balaban J connectivity index is 1.74. The first-order chi connectivity index (χ1) is 15.4. The average Bonchev–Trinajstić information content (AvgIpc) is 2.76. The summed E-state index contributed by atoms with van der Waals surface area (Å²) in [5.74, 6) is 1.46. The van der Waals surface area contributed by atoms with Gasteiger partial charge < -0.3 is 16.0 Å². The summed E-state index contributed by atoms with van der Waals surface area (Å²) in [5, 5.41) is 3.57. The SMILES string of the molecule is C=C/C(=C\N(C)C)c1cccc(-c2ncc(-c3cccc(C)n3)c(NC3CC(N)C3)n2)c1. The predicted octanol–water partition coefficient (Wildman–Crippen LogP) is 4.50. The van der Waals surface area contributed by atoms with Crippen LogP contribution >= 0.6 is 0 Å².